The molecule has 0 heterocycles. The Morgan fingerprint density at radius 3 is 2.70 bits per heavy atom. The molecule has 20 heavy (non-hydrogen) atoms. The normalized spacial score (nSPS) is 11.8. The van der Waals surface area contributed by atoms with Crippen LogP contribution in [0.5, 0.6) is 5.75 Å². The zero-order valence-electron chi connectivity index (χ0n) is 11.9. The van der Waals surface area contributed by atoms with Crippen LogP contribution in [0, 0.1) is 17.2 Å². The van der Waals surface area contributed by atoms with E-state index in [1.165, 1.54) is 6.07 Å². The zero-order chi connectivity index (χ0) is 15.1. The summed E-state index contributed by atoms with van der Waals surface area (Å²) >= 11 is 5.91. The van der Waals surface area contributed by atoms with Gasteiger partial charge in [-0.2, -0.15) is 5.26 Å². The van der Waals surface area contributed by atoms with Crippen molar-refractivity contribution in [2.24, 2.45) is 5.92 Å². The monoisotopic (exact) mass is 294 g/mol. The number of carbonyl (C=O) groups is 1. The van der Waals surface area contributed by atoms with Crippen molar-refractivity contribution in [2.75, 3.05) is 6.54 Å². The highest BCUT2D eigenvalue weighted by Gasteiger charge is 2.14. The van der Waals surface area contributed by atoms with Gasteiger partial charge in [-0.25, -0.2) is 0 Å². The Morgan fingerprint density at radius 2 is 2.15 bits per heavy atom. The molecule has 1 rings (SSSR count). The lowest BCUT2D eigenvalue weighted by atomic mass is 10.1. The summed E-state index contributed by atoms with van der Waals surface area (Å²) in [6.45, 7) is 6.52. The van der Waals surface area contributed by atoms with Crippen LogP contribution >= 0.6 is 11.6 Å². The number of nitrogens with one attached hydrogen (secondary N) is 1. The number of hydrogen-bond donors (Lipinski definition) is 1. The molecule has 5 heteroatoms. The quantitative estimate of drug-likeness (QED) is 0.876. The molecule has 1 amide bonds. The first-order valence-electron chi connectivity index (χ1n) is 6.58. The van der Waals surface area contributed by atoms with Gasteiger partial charge >= 0.3 is 0 Å². The van der Waals surface area contributed by atoms with Crippen LogP contribution in [0.4, 0.5) is 0 Å². The van der Waals surface area contributed by atoms with Gasteiger partial charge in [0.15, 0.2) is 6.10 Å². The van der Waals surface area contributed by atoms with E-state index in [1.807, 2.05) is 6.07 Å². The molecule has 0 bridgehead atoms. The number of halogens is 1. The molecule has 1 unspecified atom stereocenters. The van der Waals surface area contributed by atoms with E-state index in [9.17, 15) is 4.79 Å². The maximum absolute atomic E-state index is 11.8. The average Bonchev–Trinajstić information content (AvgIpc) is 2.38. The summed E-state index contributed by atoms with van der Waals surface area (Å²) in [5, 5.41) is 11.9. The lowest BCUT2D eigenvalue weighted by Crippen LogP contribution is -2.37. The fourth-order valence-electron chi connectivity index (χ4n) is 1.55. The summed E-state index contributed by atoms with van der Waals surface area (Å²) in [7, 11) is 0. The highest BCUT2D eigenvalue weighted by Crippen LogP contribution is 2.22. The van der Waals surface area contributed by atoms with Gasteiger partial charge in [0.05, 0.1) is 10.6 Å². The van der Waals surface area contributed by atoms with E-state index in [4.69, 9.17) is 21.6 Å². The molecule has 0 aromatic heterocycles. The van der Waals surface area contributed by atoms with Gasteiger partial charge in [-0.15, -0.1) is 0 Å². The molecule has 1 N–H and O–H groups in total. The molecule has 108 valence electrons. The number of benzene rings is 1. The predicted molar refractivity (Wildman–Crippen MR) is 78.7 cm³/mol. The number of nitriles is 1. The van der Waals surface area contributed by atoms with E-state index in [-0.39, 0.29) is 5.91 Å². The van der Waals surface area contributed by atoms with Crippen molar-refractivity contribution in [1.29, 1.82) is 5.26 Å². The molecule has 0 aliphatic carbocycles. The van der Waals surface area contributed by atoms with E-state index in [0.29, 0.717) is 28.8 Å². The molecule has 0 spiro atoms. The van der Waals surface area contributed by atoms with Gasteiger partial charge in [-0.1, -0.05) is 25.4 Å². The van der Waals surface area contributed by atoms with Crippen molar-refractivity contribution >= 4 is 17.5 Å². The van der Waals surface area contributed by atoms with Gasteiger partial charge in [0.2, 0.25) is 0 Å². The number of ether oxygens (including phenoxy) is 1. The third-order valence-electron chi connectivity index (χ3n) is 2.76. The van der Waals surface area contributed by atoms with Crippen LogP contribution < -0.4 is 10.1 Å². The molecule has 1 aromatic rings. The minimum Gasteiger partial charge on any atom is -0.481 e. The number of rotatable bonds is 6. The summed E-state index contributed by atoms with van der Waals surface area (Å²) in [6.07, 6.45) is 0.326. The summed E-state index contributed by atoms with van der Waals surface area (Å²) < 4.78 is 5.51. The molecule has 0 aliphatic heterocycles. The van der Waals surface area contributed by atoms with Crippen LogP contribution in [-0.2, 0) is 4.79 Å². The van der Waals surface area contributed by atoms with Crippen molar-refractivity contribution in [3.8, 4) is 11.8 Å². The molecule has 0 radical (unpaired) electrons. The second-order valence-electron chi connectivity index (χ2n) is 4.99. The Bertz CT molecular complexity index is 509. The molecule has 0 saturated heterocycles. The number of hydrogen-bond acceptors (Lipinski definition) is 3. The van der Waals surface area contributed by atoms with Crippen molar-refractivity contribution in [2.45, 2.75) is 33.3 Å². The number of carbonyl (C=O) groups excluding carboxylic acids is 1. The molecule has 1 atom stereocenters. The van der Waals surface area contributed by atoms with Gasteiger partial charge in [0.25, 0.3) is 5.91 Å². The van der Waals surface area contributed by atoms with Crippen LogP contribution in [0.1, 0.15) is 32.8 Å². The second-order valence-corrected chi connectivity index (χ2v) is 5.39. The predicted octanol–water partition coefficient (Wildman–Crippen LogP) is 3.14. The Hall–Kier alpha value is -1.73. The van der Waals surface area contributed by atoms with Crippen molar-refractivity contribution in [3.63, 3.8) is 0 Å². The molecule has 0 fully saturated rings. The van der Waals surface area contributed by atoms with Gasteiger partial charge < -0.3 is 10.1 Å². The fourth-order valence-corrected chi connectivity index (χ4v) is 1.76. The Balaban J connectivity index is 2.53. The zero-order valence-corrected chi connectivity index (χ0v) is 12.7. The van der Waals surface area contributed by atoms with Crippen LogP contribution in [0.25, 0.3) is 0 Å². The lowest BCUT2D eigenvalue weighted by molar-refractivity contribution is -0.127. The maximum atomic E-state index is 11.8. The molecule has 1 aromatic carbocycles. The van der Waals surface area contributed by atoms with Gasteiger partial charge in [0, 0.05) is 12.6 Å². The Kier molecular flexibility index (Phi) is 6.33. The second kappa shape index (κ2) is 7.76. The molecule has 0 saturated carbocycles. The lowest BCUT2D eigenvalue weighted by Gasteiger charge is -2.15. The highest BCUT2D eigenvalue weighted by molar-refractivity contribution is 6.31. The average molecular weight is 295 g/mol. The first-order chi connectivity index (χ1) is 9.43. The standard InChI is InChI=1S/C15H19ClN2O2/c1-10(2)6-7-18-15(19)11(3)20-13-5-4-12(9-17)14(16)8-13/h4-5,8,10-11H,6-7H2,1-3H3,(H,18,19). The molecule has 0 aliphatic rings. The van der Waals surface area contributed by atoms with E-state index < -0.39 is 6.10 Å². The van der Waals surface area contributed by atoms with E-state index in [0.717, 1.165) is 6.42 Å². The van der Waals surface area contributed by atoms with Gasteiger partial charge in [-0.05, 0) is 31.4 Å². The maximum Gasteiger partial charge on any atom is 0.260 e. The minimum absolute atomic E-state index is 0.161. The Morgan fingerprint density at radius 1 is 1.45 bits per heavy atom. The van der Waals surface area contributed by atoms with Crippen LogP contribution in [0.2, 0.25) is 5.02 Å². The van der Waals surface area contributed by atoms with Crippen LogP contribution in [0.3, 0.4) is 0 Å². The summed E-state index contributed by atoms with van der Waals surface area (Å²) in [4.78, 5) is 11.8. The first kappa shape index (κ1) is 16.3. The van der Waals surface area contributed by atoms with Crippen LogP contribution in [0.15, 0.2) is 18.2 Å². The topological polar surface area (TPSA) is 62.1 Å². The third-order valence-corrected chi connectivity index (χ3v) is 3.08. The summed E-state index contributed by atoms with van der Waals surface area (Å²) in [5.41, 5.74) is 0.382. The molecular formula is C15H19ClN2O2. The highest BCUT2D eigenvalue weighted by atomic mass is 35.5. The summed E-state index contributed by atoms with van der Waals surface area (Å²) in [5.74, 6) is 0.857. The van der Waals surface area contributed by atoms with Gasteiger partial charge in [0.1, 0.15) is 11.8 Å². The van der Waals surface area contributed by atoms with Crippen molar-refractivity contribution in [3.05, 3.63) is 28.8 Å². The van der Waals surface area contributed by atoms with Crippen molar-refractivity contribution in [1.82, 2.24) is 5.32 Å². The molecular weight excluding hydrogens is 276 g/mol. The molecule has 4 nitrogen and oxygen atoms in total. The largest absolute Gasteiger partial charge is 0.481 e. The van der Waals surface area contributed by atoms with E-state index in [1.54, 1.807) is 19.1 Å². The van der Waals surface area contributed by atoms with E-state index in [2.05, 4.69) is 19.2 Å². The van der Waals surface area contributed by atoms with Gasteiger partial charge in [-0.3, -0.25) is 4.79 Å². The number of amides is 1. The summed E-state index contributed by atoms with van der Waals surface area (Å²) in [6, 6.07) is 6.71. The van der Waals surface area contributed by atoms with Crippen molar-refractivity contribution < 1.29 is 9.53 Å². The van der Waals surface area contributed by atoms with Crippen LogP contribution in [-0.4, -0.2) is 18.6 Å². The fraction of sp³-hybridized carbons (Fsp3) is 0.467. The Labute approximate surface area is 124 Å². The third kappa shape index (κ3) is 5.10. The smallest absolute Gasteiger partial charge is 0.260 e. The first-order valence-corrected chi connectivity index (χ1v) is 6.96. The van der Waals surface area contributed by atoms with E-state index >= 15 is 0 Å². The number of nitrogens with zero attached hydrogens (tertiary/aromatic N) is 1. The minimum atomic E-state index is -0.605. The SMILES string of the molecule is CC(C)CCNC(=O)C(C)Oc1ccc(C#N)c(Cl)c1.